The number of nitrogens with zero attached hydrogens (tertiary/aromatic N) is 4. The number of carbonyl (C=O) groups is 1. The highest BCUT2D eigenvalue weighted by atomic mass is 32.2. The molecular weight excluding hydrogens is 591 g/mol. The predicted molar refractivity (Wildman–Crippen MR) is 171 cm³/mol. The fourth-order valence-corrected chi connectivity index (χ4v) is 6.67. The maximum Gasteiger partial charge on any atom is 0.417 e. The quantitative estimate of drug-likeness (QED) is 0.411. The van der Waals surface area contributed by atoms with Gasteiger partial charge in [-0.3, -0.25) is 9.69 Å². The van der Waals surface area contributed by atoms with Crippen LogP contribution in [0, 0.1) is 0 Å². The lowest BCUT2D eigenvalue weighted by Gasteiger charge is -2.37. The highest BCUT2D eigenvalue weighted by Crippen LogP contribution is 2.37. The minimum Gasteiger partial charge on any atom is -0.382 e. The summed E-state index contributed by atoms with van der Waals surface area (Å²) in [5.41, 5.74) is 1.68. The topological polar surface area (TPSA) is 76.2 Å². The number of sulfonamides is 1. The molecular formula is C32H48F3N5O3S. The van der Waals surface area contributed by atoms with Crippen molar-refractivity contribution in [3.8, 4) is 0 Å². The van der Waals surface area contributed by atoms with Gasteiger partial charge in [-0.15, -0.1) is 0 Å². The summed E-state index contributed by atoms with van der Waals surface area (Å²) in [7, 11) is -1.86. The molecule has 44 heavy (non-hydrogen) atoms. The third kappa shape index (κ3) is 8.66. The van der Waals surface area contributed by atoms with Crippen LogP contribution in [0.1, 0.15) is 58.6 Å². The van der Waals surface area contributed by atoms with Gasteiger partial charge in [-0.2, -0.15) is 13.2 Å². The predicted octanol–water partition coefficient (Wildman–Crippen LogP) is 5.50. The lowest BCUT2D eigenvalue weighted by Crippen LogP contribution is -2.48. The lowest BCUT2D eigenvalue weighted by molar-refractivity contribution is -0.140. The number of hydrogen-bond acceptors (Lipinski definition) is 6. The van der Waals surface area contributed by atoms with Gasteiger partial charge in [0.05, 0.1) is 10.5 Å². The summed E-state index contributed by atoms with van der Waals surface area (Å²) in [5, 5.41) is 3.11. The van der Waals surface area contributed by atoms with E-state index in [0.29, 0.717) is 38.9 Å². The van der Waals surface area contributed by atoms with E-state index in [-0.39, 0.29) is 30.5 Å². The molecule has 2 aliphatic heterocycles. The standard InChI is InChI=1S/C31H44F3N5O3S.CH4/c1-30(2,3)23-6-9-26(10-7-23)38-20-18-37(19-21-38)15-14-29(40)39-16-12-24(13-17-39)35-25-8-11-28(43(41,42)36(4)5)27(22-25)31(32,33)34;/h6-11,22,24,35H,12-21H2,1-5H3;1H4. The van der Waals surface area contributed by atoms with Gasteiger partial charge < -0.3 is 15.1 Å². The first-order valence-corrected chi connectivity index (χ1v) is 16.3. The smallest absolute Gasteiger partial charge is 0.382 e. The molecule has 2 aromatic rings. The first-order chi connectivity index (χ1) is 20.1. The third-order valence-corrected chi connectivity index (χ3v) is 10.2. The van der Waals surface area contributed by atoms with E-state index in [9.17, 15) is 26.4 Å². The second-order valence-electron chi connectivity index (χ2n) is 12.7. The number of likely N-dealkylation sites (tertiary alicyclic amines) is 1. The molecule has 0 aromatic heterocycles. The SMILES string of the molecule is C.CN(C)S(=O)(=O)c1ccc(NC2CCN(C(=O)CCN3CCN(c4ccc(C(C)(C)C)cc4)CC3)CC2)cc1C(F)(F)F. The van der Waals surface area contributed by atoms with Crippen molar-refractivity contribution in [2.45, 2.75) is 70.0 Å². The molecule has 1 N–H and O–H groups in total. The Morgan fingerprint density at radius 3 is 2.05 bits per heavy atom. The van der Waals surface area contributed by atoms with E-state index in [1.807, 2.05) is 4.90 Å². The summed E-state index contributed by atoms with van der Waals surface area (Å²) in [5.74, 6) is 0.0938. The first-order valence-electron chi connectivity index (χ1n) is 14.8. The van der Waals surface area contributed by atoms with Gasteiger partial charge in [0.1, 0.15) is 0 Å². The number of halogens is 3. The fraction of sp³-hybridized carbons (Fsp3) is 0.594. The second-order valence-corrected chi connectivity index (χ2v) is 14.8. The van der Waals surface area contributed by atoms with Gasteiger partial charge in [-0.1, -0.05) is 40.3 Å². The molecule has 0 spiro atoms. The van der Waals surface area contributed by atoms with Gasteiger partial charge in [0.25, 0.3) is 0 Å². The molecule has 0 unspecified atom stereocenters. The Balaban J connectivity index is 0.00000529. The summed E-state index contributed by atoms with van der Waals surface area (Å²) in [6.07, 6.45) is -3.19. The molecule has 1 amide bonds. The molecule has 4 rings (SSSR count). The van der Waals surface area contributed by atoms with Crippen molar-refractivity contribution in [3.05, 3.63) is 53.6 Å². The largest absolute Gasteiger partial charge is 0.417 e. The molecule has 0 atom stereocenters. The highest BCUT2D eigenvalue weighted by Gasteiger charge is 2.38. The fourth-order valence-electron chi connectivity index (χ4n) is 5.59. The average Bonchev–Trinajstić information content (AvgIpc) is 2.95. The molecule has 2 heterocycles. The first kappa shape index (κ1) is 35.6. The van der Waals surface area contributed by atoms with Gasteiger partial charge in [0, 0.05) is 83.7 Å². The molecule has 2 saturated heterocycles. The van der Waals surface area contributed by atoms with Crippen LogP contribution in [0.2, 0.25) is 0 Å². The summed E-state index contributed by atoms with van der Waals surface area (Å²) in [6, 6.07) is 11.9. The zero-order valence-electron chi connectivity index (χ0n) is 25.7. The third-order valence-electron chi connectivity index (χ3n) is 8.37. The van der Waals surface area contributed by atoms with Crippen molar-refractivity contribution in [2.75, 3.05) is 70.1 Å². The number of amides is 1. The summed E-state index contributed by atoms with van der Waals surface area (Å²) < 4.78 is 66.8. The number of hydrogen-bond donors (Lipinski definition) is 1. The minimum atomic E-state index is -4.82. The number of carbonyl (C=O) groups excluding carboxylic acids is 1. The van der Waals surface area contributed by atoms with Crippen molar-refractivity contribution in [3.63, 3.8) is 0 Å². The Morgan fingerprint density at radius 1 is 0.932 bits per heavy atom. The number of alkyl halides is 3. The summed E-state index contributed by atoms with van der Waals surface area (Å²) in [4.78, 5) is 18.7. The van der Waals surface area contributed by atoms with E-state index in [0.717, 1.165) is 42.6 Å². The van der Waals surface area contributed by atoms with Gasteiger partial charge in [-0.25, -0.2) is 12.7 Å². The van der Waals surface area contributed by atoms with Crippen LogP contribution < -0.4 is 10.2 Å². The van der Waals surface area contributed by atoms with Gasteiger partial charge in [-0.05, 0) is 54.2 Å². The highest BCUT2D eigenvalue weighted by molar-refractivity contribution is 7.89. The van der Waals surface area contributed by atoms with Crippen LogP contribution in [0.3, 0.4) is 0 Å². The minimum absolute atomic E-state index is 0. The Hall–Kier alpha value is -2.83. The van der Waals surface area contributed by atoms with Crippen molar-refractivity contribution >= 4 is 27.3 Å². The molecule has 0 aliphatic carbocycles. The number of benzene rings is 2. The number of piperidine rings is 1. The number of anilines is 2. The Kier molecular flexibility index (Phi) is 11.4. The summed E-state index contributed by atoms with van der Waals surface area (Å²) in [6.45, 7) is 12.0. The molecule has 2 aliphatic rings. The number of piperazine rings is 1. The normalized spacial score (nSPS) is 17.5. The van der Waals surface area contributed by atoms with Crippen LogP contribution in [-0.4, -0.2) is 94.4 Å². The van der Waals surface area contributed by atoms with Gasteiger partial charge in [0.15, 0.2) is 0 Å². The van der Waals surface area contributed by atoms with Crippen LogP contribution >= 0.6 is 0 Å². The second kappa shape index (κ2) is 14.1. The van der Waals surface area contributed by atoms with Crippen molar-refractivity contribution in [2.24, 2.45) is 0 Å². The van der Waals surface area contributed by atoms with Gasteiger partial charge in [0.2, 0.25) is 15.9 Å². The van der Waals surface area contributed by atoms with Crippen molar-refractivity contribution in [1.82, 2.24) is 14.1 Å². The Morgan fingerprint density at radius 2 is 1.52 bits per heavy atom. The van der Waals surface area contributed by atoms with Crippen LogP contribution in [-0.2, 0) is 26.4 Å². The van der Waals surface area contributed by atoms with E-state index in [1.165, 1.54) is 31.4 Å². The lowest BCUT2D eigenvalue weighted by atomic mass is 9.87. The van der Waals surface area contributed by atoms with E-state index < -0.39 is 26.7 Å². The van der Waals surface area contributed by atoms with Crippen LogP contribution in [0.4, 0.5) is 24.5 Å². The van der Waals surface area contributed by atoms with E-state index in [2.05, 4.69) is 60.2 Å². The maximum atomic E-state index is 13.7. The summed E-state index contributed by atoms with van der Waals surface area (Å²) >= 11 is 0. The van der Waals surface area contributed by atoms with E-state index >= 15 is 0 Å². The monoisotopic (exact) mass is 639 g/mol. The molecule has 0 bridgehead atoms. The van der Waals surface area contributed by atoms with Crippen molar-refractivity contribution in [1.29, 1.82) is 0 Å². The van der Waals surface area contributed by atoms with E-state index in [4.69, 9.17) is 0 Å². The molecule has 12 heteroatoms. The van der Waals surface area contributed by atoms with Gasteiger partial charge >= 0.3 is 6.18 Å². The van der Waals surface area contributed by atoms with Crippen LogP contribution in [0.5, 0.6) is 0 Å². The van der Waals surface area contributed by atoms with Crippen LogP contribution in [0.15, 0.2) is 47.4 Å². The molecule has 8 nitrogen and oxygen atoms in total. The number of rotatable bonds is 8. The molecule has 2 fully saturated rings. The van der Waals surface area contributed by atoms with Crippen molar-refractivity contribution < 1.29 is 26.4 Å². The average molecular weight is 640 g/mol. The molecule has 246 valence electrons. The zero-order valence-corrected chi connectivity index (χ0v) is 26.6. The zero-order chi connectivity index (χ0) is 31.6. The molecule has 0 radical (unpaired) electrons. The maximum absolute atomic E-state index is 13.7. The Bertz CT molecular complexity index is 1360. The van der Waals surface area contributed by atoms with E-state index in [1.54, 1.807) is 0 Å². The van der Waals surface area contributed by atoms with Crippen LogP contribution in [0.25, 0.3) is 0 Å². The molecule has 0 saturated carbocycles. The molecule has 2 aromatic carbocycles. The number of nitrogens with one attached hydrogen (secondary N) is 1. The Labute approximate surface area is 261 Å².